The molecule has 3 rings (SSSR count). The number of piperazine rings is 1. The molecule has 1 atom stereocenters. The standard InChI is InChI=1S/C19H30N4O3S/c1-15(14-22-10-8-21(3)9-11-22)13-20-27(25,26)18-4-5-19-17(12-18)6-7-23(19)16(2)24/h4-5,12,15,20H,6-11,13-14H2,1-3H3. The highest BCUT2D eigenvalue weighted by Crippen LogP contribution is 2.30. The van der Waals surface area contributed by atoms with Gasteiger partial charge in [-0.2, -0.15) is 0 Å². The molecular formula is C19H30N4O3S. The lowest BCUT2D eigenvalue weighted by Crippen LogP contribution is -2.46. The van der Waals surface area contributed by atoms with Gasteiger partial charge in [-0.05, 0) is 43.1 Å². The van der Waals surface area contributed by atoms with Crippen LogP contribution in [0.15, 0.2) is 23.1 Å². The summed E-state index contributed by atoms with van der Waals surface area (Å²) in [5.41, 5.74) is 1.74. The highest BCUT2D eigenvalue weighted by Gasteiger charge is 2.25. The number of nitrogens with one attached hydrogen (secondary N) is 1. The molecule has 0 radical (unpaired) electrons. The van der Waals surface area contributed by atoms with Crippen LogP contribution in [-0.4, -0.2) is 77.0 Å². The predicted octanol–water partition coefficient (Wildman–Crippen LogP) is 0.757. The lowest BCUT2D eigenvalue weighted by atomic mass is 10.1. The molecule has 1 N–H and O–H groups in total. The number of hydrogen-bond acceptors (Lipinski definition) is 5. The Morgan fingerprint density at radius 3 is 2.56 bits per heavy atom. The molecule has 2 heterocycles. The number of amides is 1. The van der Waals surface area contributed by atoms with Crippen molar-refractivity contribution in [3.05, 3.63) is 23.8 Å². The van der Waals surface area contributed by atoms with Crippen molar-refractivity contribution in [2.24, 2.45) is 5.92 Å². The molecule has 2 aliphatic rings. The second kappa shape index (κ2) is 8.26. The third kappa shape index (κ3) is 4.87. The van der Waals surface area contributed by atoms with E-state index in [4.69, 9.17) is 0 Å². The Morgan fingerprint density at radius 2 is 1.89 bits per heavy atom. The maximum atomic E-state index is 12.7. The molecule has 27 heavy (non-hydrogen) atoms. The van der Waals surface area contributed by atoms with E-state index in [1.54, 1.807) is 23.1 Å². The predicted molar refractivity (Wildman–Crippen MR) is 106 cm³/mol. The summed E-state index contributed by atoms with van der Waals surface area (Å²) in [6.45, 7) is 9.73. The number of nitrogens with zero attached hydrogens (tertiary/aromatic N) is 3. The average molecular weight is 395 g/mol. The van der Waals surface area contributed by atoms with Crippen LogP contribution in [0.3, 0.4) is 0 Å². The van der Waals surface area contributed by atoms with E-state index < -0.39 is 10.0 Å². The van der Waals surface area contributed by atoms with Gasteiger partial charge < -0.3 is 14.7 Å². The van der Waals surface area contributed by atoms with Crippen LogP contribution in [0.5, 0.6) is 0 Å². The maximum Gasteiger partial charge on any atom is 0.240 e. The number of fused-ring (bicyclic) bond motifs is 1. The Labute approximate surface area is 162 Å². The van der Waals surface area contributed by atoms with Gasteiger partial charge in [-0.3, -0.25) is 4.79 Å². The minimum atomic E-state index is -3.54. The van der Waals surface area contributed by atoms with Crippen LogP contribution in [0.1, 0.15) is 19.4 Å². The van der Waals surface area contributed by atoms with E-state index in [0.29, 0.717) is 19.5 Å². The first-order valence-corrected chi connectivity index (χ1v) is 11.1. The lowest BCUT2D eigenvalue weighted by Gasteiger charge is -2.33. The van der Waals surface area contributed by atoms with Gasteiger partial charge in [0, 0.05) is 58.4 Å². The molecule has 8 heteroatoms. The third-order valence-electron chi connectivity index (χ3n) is 5.42. The number of sulfonamides is 1. The number of anilines is 1. The number of carbonyl (C=O) groups excluding carboxylic acids is 1. The first kappa shape index (κ1) is 20.3. The van der Waals surface area contributed by atoms with Crippen molar-refractivity contribution in [3.63, 3.8) is 0 Å². The van der Waals surface area contributed by atoms with E-state index in [1.165, 1.54) is 6.92 Å². The van der Waals surface area contributed by atoms with Crippen LogP contribution in [-0.2, 0) is 21.2 Å². The fraction of sp³-hybridized carbons (Fsp3) is 0.632. The fourth-order valence-corrected chi connectivity index (χ4v) is 4.96. The Kier molecular flexibility index (Phi) is 6.20. The summed E-state index contributed by atoms with van der Waals surface area (Å²) < 4.78 is 28.1. The molecule has 1 fully saturated rings. The van der Waals surface area contributed by atoms with Crippen molar-refractivity contribution in [2.75, 3.05) is 57.8 Å². The largest absolute Gasteiger partial charge is 0.312 e. The van der Waals surface area contributed by atoms with Crippen molar-refractivity contribution < 1.29 is 13.2 Å². The van der Waals surface area contributed by atoms with Gasteiger partial charge in [-0.25, -0.2) is 13.1 Å². The van der Waals surface area contributed by atoms with Gasteiger partial charge in [0.1, 0.15) is 0 Å². The Bertz CT molecular complexity index is 788. The minimum Gasteiger partial charge on any atom is -0.312 e. The molecule has 150 valence electrons. The van der Waals surface area contributed by atoms with Gasteiger partial charge in [0.2, 0.25) is 15.9 Å². The van der Waals surface area contributed by atoms with Crippen LogP contribution in [0.4, 0.5) is 5.69 Å². The summed E-state index contributed by atoms with van der Waals surface area (Å²) in [4.78, 5) is 18.3. The number of rotatable bonds is 6. The summed E-state index contributed by atoms with van der Waals surface area (Å²) in [5, 5.41) is 0. The average Bonchev–Trinajstić information content (AvgIpc) is 3.05. The highest BCUT2D eigenvalue weighted by molar-refractivity contribution is 7.89. The Balaban J connectivity index is 1.58. The first-order valence-electron chi connectivity index (χ1n) is 9.58. The molecule has 1 aromatic carbocycles. The lowest BCUT2D eigenvalue weighted by molar-refractivity contribution is -0.116. The monoisotopic (exact) mass is 394 g/mol. The summed E-state index contributed by atoms with van der Waals surface area (Å²) in [6, 6.07) is 5.03. The van der Waals surface area contributed by atoms with Gasteiger partial charge in [0.15, 0.2) is 0 Å². The van der Waals surface area contributed by atoms with Crippen molar-refractivity contribution in [1.29, 1.82) is 0 Å². The smallest absolute Gasteiger partial charge is 0.240 e. The van der Waals surface area contributed by atoms with Gasteiger partial charge in [0.05, 0.1) is 4.90 Å². The summed E-state index contributed by atoms with van der Waals surface area (Å²) >= 11 is 0. The van der Waals surface area contributed by atoms with Crippen molar-refractivity contribution in [1.82, 2.24) is 14.5 Å². The van der Waals surface area contributed by atoms with Crippen LogP contribution in [0.25, 0.3) is 0 Å². The second-order valence-electron chi connectivity index (χ2n) is 7.77. The molecule has 0 saturated carbocycles. The van der Waals surface area contributed by atoms with Gasteiger partial charge in [0.25, 0.3) is 0 Å². The van der Waals surface area contributed by atoms with Crippen LogP contribution >= 0.6 is 0 Å². The van der Waals surface area contributed by atoms with E-state index in [0.717, 1.165) is 44.0 Å². The van der Waals surface area contributed by atoms with E-state index in [2.05, 4.69) is 28.5 Å². The van der Waals surface area contributed by atoms with Crippen LogP contribution < -0.4 is 9.62 Å². The number of likely N-dealkylation sites (N-methyl/N-ethyl adjacent to an activating group) is 1. The normalized spacial score (nSPS) is 19.9. The maximum absolute atomic E-state index is 12.7. The molecule has 1 aromatic rings. The molecule has 0 spiro atoms. The third-order valence-corrected chi connectivity index (χ3v) is 6.85. The molecule has 1 saturated heterocycles. The molecule has 7 nitrogen and oxygen atoms in total. The quantitative estimate of drug-likeness (QED) is 0.771. The molecule has 1 amide bonds. The van der Waals surface area contributed by atoms with Gasteiger partial charge in [-0.1, -0.05) is 6.92 Å². The zero-order valence-electron chi connectivity index (χ0n) is 16.4. The van der Waals surface area contributed by atoms with E-state index >= 15 is 0 Å². The van der Waals surface area contributed by atoms with Crippen molar-refractivity contribution >= 4 is 21.6 Å². The van der Waals surface area contributed by atoms with E-state index in [-0.39, 0.29) is 16.7 Å². The molecule has 0 bridgehead atoms. The topological polar surface area (TPSA) is 73.0 Å². The Hall–Kier alpha value is -1.48. The Morgan fingerprint density at radius 1 is 1.19 bits per heavy atom. The van der Waals surface area contributed by atoms with Crippen molar-refractivity contribution in [3.8, 4) is 0 Å². The number of hydrogen-bond donors (Lipinski definition) is 1. The molecule has 2 aliphatic heterocycles. The zero-order chi connectivity index (χ0) is 19.6. The zero-order valence-corrected chi connectivity index (χ0v) is 17.3. The van der Waals surface area contributed by atoms with Crippen molar-refractivity contribution in [2.45, 2.75) is 25.2 Å². The number of carbonyl (C=O) groups is 1. The van der Waals surface area contributed by atoms with Gasteiger partial charge in [-0.15, -0.1) is 0 Å². The summed E-state index contributed by atoms with van der Waals surface area (Å²) in [6.07, 6.45) is 0.693. The fourth-order valence-electron chi connectivity index (χ4n) is 3.74. The first-order chi connectivity index (χ1) is 12.8. The molecule has 0 aliphatic carbocycles. The molecule has 0 aromatic heterocycles. The van der Waals surface area contributed by atoms with Gasteiger partial charge >= 0.3 is 0 Å². The van der Waals surface area contributed by atoms with Crippen LogP contribution in [0.2, 0.25) is 0 Å². The SMILES string of the molecule is CC(=O)N1CCc2cc(S(=O)(=O)NCC(C)CN3CCN(C)CC3)ccc21. The van der Waals surface area contributed by atoms with E-state index in [9.17, 15) is 13.2 Å². The van der Waals surface area contributed by atoms with Crippen LogP contribution in [0, 0.1) is 5.92 Å². The summed E-state index contributed by atoms with van der Waals surface area (Å²) in [7, 11) is -1.42. The minimum absolute atomic E-state index is 0.0137. The molecular weight excluding hydrogens is 364 g/mol. The van der Waals surface area contributed by atoms with E-state index in [1.807, 2.05) is 0 Å². The summed E-state index contributed by atoms with van der Waals surface area (Å²) in [5.74, 6) is 0.228. The number of benzene rings is 1. The molecule has 1 unspecified atom stereocenters. The highest BCUT2D eigenvalue weighted by atomic mass is 32.2. The second-order valence-corrected chi connectivity index (χ2v) is 9.54.